The Morgan fingerprint density at radius 1 is 0.962 bits per heavy atom. The molecule has 1 aromatic carbocycles. The van der Waals surface area contributed by atoms with E-state index in [4.69, 9.17) is 5.11 Å². The third-order valence-electron chi connectivity index (χ3n) is 3.77. The number of benzene rings is 1. The molecule has 0 fully saturated rings. The summed E-state index contributed by atoms with van der Waals surface area (Å²) in [5.74, 6) is 1.20. The van der Waals surface area contributed by atoms with Crippen molar-refractivity contribution in [3.8, 4) is 11.4 Å². The van der Waals surface area contributed by atoms with Gasteiger partial charge in [-0.25, -0.2) is 4.98 Å². The van der Waals surface area contributed by atoms with Gasteiger partial charge >= 0.3 is 0 Å². The maximum atomic E-state index is 8.98. The van der Waals surface area contributed by atoms with E-state index in [-0.39, 0.29) is 6.61 Å². The largest absolute Gasteiger partial charge is 0.396 e. The molecular formula is C20H23N5O. The summed E-state index contributed by atoms with van der Waals surface area (Å²) in [7, 11) is 0. The number of nitrogens with zero attached hydrogens (tertiary/aromatic N) is 3. The molecule has 0 saturated heterocycles. The summed E-state index contributed by atoms with van der Waals surface area (Å²) in [5, 5.41) is 15.5. The summed E-state index contributed by atoms with van der Waals surface area (Å²) < 4.78 is 0. The summed E-state index contributed by atoms with van der Waals surface area (Å²) >= 11 is 0. The van der Waals surface area contributed by atoms with Gasteiger partial charge in [0.2, 0.25) is 5.95 Å². The van der Waals surface area contributed by atoms with Gasteiger partial charge in [0.25, 0.3) is 0 Å². The maximum Gasteiger partial charge on any atom is 0.225 e. The molecule has 0 bridgehead atoms. The summed E-state index contributed by atoms with van der Waals surface area (Å²) in [5.41, 5.74) is 4.87. The Morgan fingerprint density at radius 2 is 1.77 bits per heavy atom. The van der Waals surface area contributed by atoms with Crippen LogP contribution in [-0.4, -0.2) is 33.2 Å². The van der Waals surface area contributed by atoms with Gasteiger partial charge < -0.3 is 15.7 Å². The second-order valence-corrected chi connectivity index (χ2v) is 6.18. The molecule has 0 aliphatic rings. The Balaban J connectivity index is 1.93. The molecule has 0 saturated carbocycles. The smallest absolute Gasteiger partial charge is 0.225 e. The molecular weight excluding hydrogens is 326 g/mol. The van der Waals surface area contributed by atoms with E-state index in [0.717, 1.165) is 17.1 Å². The molecule has 0 amide bonds. The van der Waals surface area contributed by atoms with E-state index >= 15 is 0 Å². The average Bonchev–Trinajstić information content (AvgIpc) is 2.62. The summed E-state index contributed by atoms with van der Waals surface area (Å²) in [6, 6.07) is 13.9. The summed E-state index contributed by atoms with van der Waals surface area (Å²) in [6.07, 6.45) is 2.38. The van der Waals surface area contributed by atoms with E-state index in [1.54, 1.807) is 6.20 Å². The number of aliphatic hydroxyl groups excluding tert-OH is 1. The first-order valence-corrected chi connectivity index (χ1v) is 8.64. The fraction of sp³-hybridized carbons (Fsp3) is 0.250. The summed E-state index contributed by atoms with van der Waals surface area (Å²) in [4.78, 5) is 13.5. The van der Waals surface area contributed by atoms with E-state index in [9.17, 15) is 0 Å². The van der Waals surface area contributed by atoms with Crippen LogP contribution in [0.3, 0.4) is 0 Å². The van der Waals surface area contributed by atoms with Crippen molar-refractivity contribution in [2.75, 3.05) is 23.8 Å². The average molecular weight is 349 g/mol. The Bertz CT molecular complexity index is 847. The standard InChI is InChI=1S/C20H23N5O/c1-14-10-15(2)12-16(11-14)23-19-13-18(17-6-3-4-7-21-17)24-20(25-19)22-8-5-9-26/h3-4,6-7,10-13,26H,5,8-9H2,1-2H3,(H2,22,23,24,25). The van der Waals surface area contributed by atoms with Crippen molar-refractivity contribution in [2.45, 2.75) is 20.3 Å². The minimum Gasteiger partial charge on any atom is -0.396 e. The monoisotopic (exact) mass is 349 g/mol. The Morgan fingerprint density at radius 3 is 2.46 bits per heavy atom. The van der Waals surface area contributed by atoms with Crippen molar-refractivity contribution >= 4 is 17.5 Å². The molecule has 26 heavy (non-hydrogen) atoms. The lowest BCUT2D eigenvalue weighted by Crippen LogP contribution is -2.09. The van der Waals surface area contributed by atoms with Gasteiger partial charge in [-0.15, -0.1) is 0 Å². The normalized spacial score (nSPS) is 10.6. The maximum absolute atomic E-state index is 8.98. The number of pyridine rings is 1. The van der Waals surface area contributed by atoms with Crippen LogP contribution in [0.5, 0.6) is 0 Å². The highest BCUT2D eigenvalue weighted by molar-refractivity contribution is 5.65. The van der Waals surface area contributed by atoms with Crippen molar-refractivity contribution in [3.63, 3.8) is 0 Å². The number of nitrogens with one attached hydrogen (secondary N) is 2. The Labute approximate surface area is 153 Å². The van der Waals surface area contributed by atoms with E-state index in [2.05, 4.69) is 57.6 Å². The molecule has 0 atom stereocenters. The number of hydrogen-bond acceptors (Lipinski definition) is 6. The van der Waals surface area contributed by atoms with Crippen molar-refractivity contribution in [3.05, 3.63) is 59.8 Å². The number of aliphatic hydroxyl groups is 1. The Hall–Kier alpha value is -2.99. The van der Waals surface area contributed by atoms with Gasteiger partial charge in [-0.1, -0.05) is 12.1 Å². The van der Waals surface area contributed by atoms with Gasteiger partial charge in [0.15, 0.2) is 0 Å². The second-order valence-electron chi connectivity index (χ2n) is 6.18. The molecule has 6 heteroatoms. The van der Waals surface area contributed by atoms with Crippen LogP contribution in [0, 0.1) is 13.8 Å². The highest BCUT2D eigenvalue weighted by atomic mass is 16.3. The first kappa shape index (κ1) is 17.8. The molecule has 0 aliphatic heterocycles. The zero-order valence-electron chi connectivity index (χ0n) is 15.0. The van der Waals surface area contributed by atoms with Crippen LogP contribution < -0.4 is 10.6 Å². The zero-order valence-corrected chi connectivity index (χ0v) is 15.0. The SMILES string of the molecule is Cc1cc(C)cc(Nc2cc(-c3ccccn3)nc(NCCCO)n2)c1. The number of aromatic nitrogens is 3. The molecule has 0 radical (unpaired) electrons. The lowest BCUT2D eigenvalue weighted by molar-refractivity contribution is 0.292. The topological polar surface area (TPSA) is 83.0 Å². The van der Waals surface area contributed by atoms with Crippen LogP contribution in [0.15, 0.2) is 48.7 Å². The van der Waals surface area contributed by atoms with Crippen LogP contribution >= 0.6 is 0 Å². The molecule has 134 valence electrons. The van der Waals surface area contributed by atoms with E-state index in [1.807, 2.05) is 24.3 Å². The van der Waals surface area contributed by atoms with Crippen molar-refractivity contribution in [1.82, 2.24) is 15.0 Å². The van der Waals surface area contributed by atoms with Crippen LogP contribution in [0.4, 0.5) is 17.5 Å². The van der Waals surface area contributed by atoms with Gasteiger partial charge in [0.05, 0.1) is 11.4 Å². The van der Waals surface area contributed by atoms with E-state index in [0.29, 0.717) is 24.7 Å². The predicted octanol–water partition coefficient (Wildman–Crippen LogP) is 3.69. The third-order valence-corrected chi connectivity index (χ3v) is 3.77. The van der Waals surface area contributed by atoms with Crippen LogP contribution in [0.2, 0.25) is 0 Å². The quantitative estimate of drug-likeness (QED) is 0.564. The molecule has 0 unspecified atom stereocenters. The molecule has 2 aromatic heterocycles. The molecule has 6 nitrogen and oxygen atoms in total. The van der Waals surface area contributed by atoms with Gasteiger partial charge in [-0.05, 0) is 55.7 Å². The minimum atomic E-state index is 0.126. The molecule has 3 N–H and O–H groups in total. The highest BCUT2D eigenvalue weighted by Gasteiger charge is 2.08. The summed E-state index contributed by atoms with van der Waals surface area (Å²) in [6.45, 7) is 4.87. The number of aryl methyl sites for hydroxylation is 2. The van der Waals surface area contributed by atoms with Crippen molar-refractivity contribution < 1.29 is 5.11 Å². The Kier molecular flexibility index (Phi) is 5.76. The van der Waals surface area contributed by atoms with Gasteiger partial charge in [-0.2, -0.15) is 4.98 Å². The van der Waals surface area contributed by atoms with Crippen LogP contribution in [-0.2, 0) is 0 Å². The fourth-order valence-electron chi connectivity index (χ4n) is 2.71. The number of anilines is 3. The molecule has 3 aromatic rings. The first-order chi connectivity index (χ1) is 12.6. The van der Waals surface area contributed by atoms with Crippen molar-refractivity contribution in [1.29, 1.82) is 0 Å². The second kappa shape index (κ2) is 8.40. The first-order valence-electron chi connectivity index (χ1n) is 8.64. The molecule has 0 spiro atoms. The highest BCUT2D eigenvalue weighted by Crippen LogP contribution is 2.23. The van der Waals surface area contributed by atoms with E-state index in [1.165, 1.54) is 11.1 Å². The van der Waals surface area contributed by atoms with Crippen molar-refractivity contribution in [2.24, 2.45) is 0 Å². The van der Waals surface area contributed by atoms with Gasteiger partial charge in [-0.3, -0.25) is 4.98 Å². The lowest BCUT2D eigenvalue weighted by atomic mass is 10.1. The molecule has 2 heterocycles. The molecule has 3 rings (SSSR count). The third kappa shape index (κ3) is 4.77. The fourth-order valence-corrected chi connectivity index (χ4v) is 2.71. The molecule has 0 aliphatic carbocycles. The van der Waals surface area contributed by atoms with Gasteiger partial charge in [0.1, 0.15) is 5.82 Å². The predicted molar refractivity (Wildman–Crippen MR) is 105 cm³/mol. The lowest BCUT2D eigenvalue weighted by Gasteiger charge is -2.12. The minimum absolute atomic E-state index is 0.126. The number of rotatable bonds is 7. The van der Waals surface area contributed by atoms with E-state index < -0.39 is 0 Å². The van der Waals surface area contributed by atoms with Crippen LogP contribution in [0.1, 0.15) is 17.5 Å². The van der Waals surface area contributed by atoms with Gasteiger partial charge in [0, 0.05) is 31.1 Å². The number of hydrogen-bond donors (Lipinski definition) is 3. The van der Waals surface area contributed by atoms with Crippen LogP contribution in [0.25, 0.3) is 11.4 Å². The zero-order chi connectivity index (χ0) is 18.4.